The fourth-order valence-electron chi connectivity index (χ4n) is 3.79. The third-order valence-corrected chi connectivity index (χ3v) is 4.86. The molecule has 0 spiro atoms. The van der Waals surface area contributed by atoms with Crippen LogP contribution in [-0.2, 0) is 19.3 Å². The largest absolute Gasteiger partial charge is 0.0651 e. The van der Waals surface area contributed by atoms with Crippen LogP contribution in [0.15, 0.2) is 42.5 Å². The highest BCUT2D eigenvalue weighted by Gasteiger charge is 2.21. The lowest BCUT2D eigenvalue weighted by Crippen LogP contribution is -2.00. The van der Waals surface area contributed by atoms with Gasteiger partial charge in [0.15, 0.2) is 0 Å². The van der Waals surface area contributed by atoms with Crippen LogP contribution in [0.25, 0.3) is 11.1 Å². The van der Waals surface area contributed by atoms with Crippen molar-refractivity contribution in [3.8, 4) is 0 Å². The zero-order chi connectivity index (χ0) is 15.5. The van der Waals surface area contributed by atoms with Gasteiger partial charge >= 0.3 is 0 Å². The van der Waals surface area contributed by atoms with Crippen molar-refractivity contribution < 1.29 is 0 Å². The predicted molar refractivity (Wildman–Crippen MR) is 97.1 cm³/mol. The topological polar surface area (TPSA) is 0 Å². The van der Waals surface area contributed by atoms with Crippen molar-refractivity contribution in [2.75, 3.05) is 0 Å². The van der Waals surface area contributed by atoms with E-state index in [9.17, 15) is 0 Å². The number of benzene rings is 2. The van der Waals surface area contributed by atoms with Gasteiger partial charge in [-0.1, -0.05) is 69.2 Å². The van der Waals surface area contributed by atoms with E-state index in [2.05, 4.69) is 63.2 Å². The van der Waals surface area contributed by atoms with Gasteiger partial charge in [0.25, 0.3) is 0 Å². The molecule has 0 N–H and O–H groups in total. The molecule has 3 rings (SSSR count). The van der Waals surface area contributed by atoms with Gasteiger partial charge in [-0.15, -0.1) is 0 Å². The molecule has 0 nitrogen and oxygen atoms in total. The first kappa shape index (κ1) is 15.1. The lowest BCUT2D eigenvalue weighted by Gasteiger charge is -2.16. The van der Waals surface area contributed by atoms with Crippen LogP contribution in [0, 0.1) is 0 Å². The van der Waals surface area contributed by atoms with E-state index in [-0.39, 0.29) is 0 Å². The van der Waals surface area contributed by atoms with Crippen LogP contribution in [0.3, 0.4) is 0 Å². The van der Waals surface area contributed by atoms with Crippen molar-refractivity contribution >= 4 is 11.1 Å². The third kappa shape index (κ3) is 2.63. The zero-order valence-corrected chi connectivity index (χ0v) is 14.1. The van der Waals surface area contributed by atoms with Gasteiger partial charge in [-0.2, -0.15) is 0 Å². The number of hydrogen-bond donors (Lipinski definition) is 0. The molecule has 114 valence electrons. The molecule has 0 aliphatic heterocycles. The molecule has 22 heavy (non-hydrogen) atoms. The molecule has 0 heterocycles. The average molecular weight is 290 g/mol. The Bertz CT molecular complexity index is 704. The Labute approximate surface area is 134 Å². The van der Waals surface area contributed by atoms with E-state index >= 15 is 0 Å². The third-order valence-electron chi connectivity index (χ3n) is 4.86. The highest BCUT2D eigenvalue weighted by molar-refractivity contribution is 5.97. The molecular weight excluding hydrogens is 264 g/mol. The number of allylic oxidation sites excluding steroid dienone is 2. The fourth-order valence-corrected chi connectivity index (χ4v) is 3.79. The second-order valence-corrected chi connectivity index (χ2v) is 6.38. The molecule has 2 aromatic carbocycles. The Kier molecular flexibility index (Phi) is 4.47. The van der Waals surface area contributed by atoms with Gasteiger partial charge in [0.1, 0.15) is 0 Å². The number of fused-ring (bicyclic) bond motifs is 1. The smallest absolute Gasteiger partial charge is 0.00108 e. The average Bonchev–Trinajstić information content (AvgIpc) is 2.87. The molecule has 0 aromatic heterocycles. The standard InChI is InChI=1S/C22H26/c1-4-9-17-12-8-14-21(20(17)10-5-2)22-15-18-11-6-7-13-19(18)16(22)3/h6-8,11-14H,4-5,9-10,15H2,1-3H3. The van der Waals surface area contributed by atoms with Crippen molar-refractivity contribution in [1.82, 2.24) is 0 Å². The summed E-state index contributed by atoms with van der Waals surface area (Å²) in [7, 11) is 0. The van der Waals surface area contributed by atoms with Gasteiger partial charge in [-0.3, -0.25) is 0 Å². The molecule has 0 saturated heterocycles. The minimum atomic E-state index is 1.09. The van der Waals surface area contributed by atoms with Gasteiger partial charge in [-0.25, -0.2) is 0 Å². The molecule has 0 fully saturated rings. The van der Waals surface area contributed by atoms with E-state index in [0.717, 1.165) is 6.42 Å². The molecule has 0 amide bonds. The van der Waals surface area contributed by atoms with Crippen LogP contribution < -0.4 is 0 Å². The molecule has 0 radical (unpaired) electrons. The Balaban J connectivity index is 2.10. The van der Waals surface area contributed by atoms with Crippen LogP contribution in [-0.4, -0.2) is 0 Å². The maximum Gasteiger partial charge on any atom is -0.00108 e. The van der Waals surface area contributed by atoms with Gasteiger partial charge < -0.3 is 0 Å². The van der Waals surface area contributed by atoms with Crippen molar-refractivity contribution in [1.29, 1.82) is 0 Å². The Morgan fingerprint density at radius 1 is 0.818 bits per heavy atom. The van der Waals surface area contributed by atoms with Crippen LogP contribution in [0.5, 0.6) is 0 Å². The van der Waals surface area contributed by atoms with E-state index in [1.807, 2.05) is 0 Å². The number of aryl methyl sites for hydroxylation is 1. The maximum atomic E-state index is 2.34. The molecule has 0 saturated carbocycles. The Morgan fingerprint density at radius 2 is 1.55 bits per heavy atom. The van der Waals surface area contributed by atoms with Crippen molar-refractivity contribution in [2.24, 2.45) is 0 Å². The summed E-state index contributed by atoms with van der Waals surface area (Å²) < 4.78 is 0. The molecular formula is C22H26. The summed E-state index contributed by atoms with van der Waals surface area (Å²) in [6, 6.07) is 15.8. The first-order chi connectivity index (χ1) is 10.8. The van der Waals surface area contributed by atoms with Gasteiger partial charge in [0.2, 0.25) is 0 Å². The summed E-state index contributed by atoms with van der Waals surface area (Å²) in [5.41, 5.74) is 10.6. The molecule has 0 heteroatoms. The first-order valence-electron chi connectivity index (χ1n) is 8.65. The van der Waals surface area contributed by atoms with Crippen molar-refractivity contribution in [2.45, 2.75) is 52.9 Å². The quantitative estimate of drug-likeness (QED) is 0.626. The highest BCUT2D eigenvalue weighted by atomic mass is 14.3. The molecule has 2 aromatic rings. The fraction of sp³-hybridized carbons (Fsp3) is 0.364. The summed E-state index contributed by atoms with van der Waals surface area (Å²) in [5.74, 6) is 0. The van der Waals surface area contributed by atoms with Crippen molar-refractivity contribution in [3.05, 3.63) is 70.3 Å². The van der Waals surface area contributed by atoms with Crippen molar-refractivity contribution in [3.63, 3.8) is 0 Å². The second kappa shape index (κ2) is 6.52. The van der Waals surface area contributed by atoms with E-state index in [1.165, 1.54) is 47.9 Å². The molecule has 0 atom stereocenters. The summed E-state index contributed by atoms with van der Waals surface area (Å²) in [5, 5.41) is 0. The Morgan fingerprint density at radius 3 is 2.27 bits per heavy atom. The zero-order valence-electron chi connectivity index (χ0n) is 14.1. The number of hydrogen-bond acceptors (Lipinski definition) is 0. The summed E-state index contributed by atoms with van der Waals surface area (Å²) in [4.78, 5) is 0. The van der Waals surface area contributed by atoms with E-state index in [1.54, 1.807) is 16.7 Å². The SMILES string of the molecule is CCCc1cccc(C2=C(C)c3ccccc3C2)c1CCC. The molecule has 0 unspecified atom stereocenters. The second-order valence-electron chi connectivity index (χ2n) is 6.38. The molecule has 1 aliphatic rings. The van der Waals surface area contributed by atoms with Crippen LogP contribution >= 0.6 is 0 Å². The minimum absolute atomic E-state index is 1.09. The van der Waals surface area contributed by atoms with E-state index in [4.69, 9.17) is 0 Å². The number of rotatable bonds is 5. The van der Waals surface area contributed by atoms with Crippen LogP contribution in [0.2, 0.25) is 0 Å². The summed E-state index contributed by atoms with van der Waals surface area (Å²) in [6.45, 7) is 6.86. The monoisotopic (exact) mass is 290 g/mol. The first-order valence-corrected chi connectivity index (χ1v) is 8.65. The predicted octanol–water partition coefficient (Wildman–Crippen LogP) is 6.08. The van der Waals surface area contributed by atoms with Crippen LogP contribution in [0.4, 0.5) is 0 Å². The Hall–Kier alpha value is -1.82. The van der Waals surface area contributed by atoms with Gasteiger partial charge in [0, 0.05) is 0 Å². The lowest BCUT2D eigenvalue weighted by atomic mass is 9.89. The molecule has 1 aliphatic carbocycles. The van der Waals surface area contributed by atoms with E-state index < -0.39 is 0 Å². The summed E-state index contributed by atoms with van der Waals surface area (Å²) >= 11 is 0. The van der Waals surface area contributed by atoms with E-state index in [0.29, 0.717) is 0 Å². The molecule has 0 bridgehead atoms. The van der Waals surface area contributed by atoms with Gasteiger partial charge in [-0.05, 0) is 65.1 Å². The van der Waals surface area contributed by atoms with Gasteiger partial charge in [0.05, 0.1) is 0 Å². The normalized spacial score (nSPS) is 13.6. The summed E-state index contributed by atoms with van der Waals surface area (Å²) in [6.07, 6.45) is 5.92. The van der Waals surface area contributed by atoms with Crippen LogP contribution in [0.1, 0.15) is 61.4 Å². The maximum absolute atomic E-state index is 2.34. The minimum Gasteiger partial charge on any atom is -0.0651 e. The lowest BCUT2D eigenvalue weighted by molar-refractivity contribution is 0.858. The highest BCUT2D eigenvalue weighted by Crippen LogP contribution is 2.40.